The van der Waals surface area contributed by atoms with Gasteiger partial charge < -0.3 is 10.2 Å². The SMILES string of the molecule is CCCN(c1ccc(F)cc1CNCC(C)C)C(C)C. The highest BCUT2D eigenvalue weighted by molar-refractivity contribution is 5.54. The molecule has 0 amide bonds. The lowest BCUT2D eigenvalue weighted by molar-refractivity contribution is 0.548. The van der Waals surface area contributed by atoms with E-state index in [1.54, 1.807) is 12.1 Å². The summed E-state index contributed by atoms with van der Waals surface area (Å²) in [6, 6.07) is 5.56. The zero-order chi connectivity index (χ0) is 15.1. The Labute approximate surface area is 123 Å². The largest absolute Gasteiger partial charge is 0.369 e. The standard InChI is InChI=1S/C17H29FN2/c1-6-9-20(14(4)5)17-8-7-16(18)10-15(17)12-19-11-13(2)3/h7-8,10,13-14,19H,6,9,11-12H2,1-5H3. The van der Waals surface area contributed by atoms with Crippen molar-refractivity contribution >= 4 is 5.69 Å². The first kappa shape index (κ1) is 17.0. The Hall–Kier alpha value is -1.09. The van der Waals surface area contributed by atoms with Crippen LogP contribution in [-0.4, -0.2) is 19.1 Å². The number of hydrogen-bond donors (Lipinski definition) is 1. The molecule has 1 N–H and O–H groups in total. The second-order valence-electron chi connectivity index (χ2n) is 6.08. The number of nitrogens with zero attached hydrogens (tertiary/aromatic N) is 1. The van der Waals surface area contributed by atoms with E-state index in [2.05, 4.69) is 44.8 Å². The van der Waals surface area contributed by atoms with E-state index >= 15 is 0 Å². The van der Waals surface area contributed by atoms with Crippen molar-refractivity contribution in [2.75, 3.05) is 18.0 Å². The van der Waals surface area contributed by atoms with Crippen LogP contribution in [0.5, 0.6) is 0 Å². The van der Waals surface area contributed by atoms with E-state index in [0.717, 1.165) is 37.3 Å². The highest BCUT2D eigenvalue weighted by atomic mass is 19.1. The average molecular weight is 280 g/mol. The molecule has 0 aliphatic heterocycles. The Morgan fingerprint density at radius 3 is 2.45 bits per heavy atom. The molecule has 1 aromatic rings. The molecule has 0 atom stereocenters. The number of benzene rings is 1. The van der Waals surface area contributed by atoms with Crippen LogP contribution in [0.3, 0.4) is 0 Å². The summed E-state index contributed by atoms with van der Waals surface area (Å²) in [5.74, 6) is 0.444. The lowest BCUT2D eigenvalue weighted by Crippen LogP contribution is -2.33. The Bertz CT molecular complexity index is 402. The first-order chi connectivity index (χ1) is 9.45. The molecule has 114 valence electrons. The van der Waals surface area contributed by atoms with Crippen molar-refractivity contribution in [1.29, 1.82) is 0 Å². The van der Waals surface area contributed by atoms with Crippen LogP contribution in [0.1, 0.15) is 46.6 Å². The topological polar surface area (TPSA) is 15.3 Å². The van der Waals surface area contributed by atoms with Gasteiger partial charge in [0.05, 0.1) is 0 Å². The predicted molar refractivity (Wildman–Crippen MR) is 85.7 cm³/mol. The summed E-state index contributed by atoms with van der Waals surface area (Å²) in [5, 5.41) is 3.41. The summed E-state index contributed by atoms with van der Waals surface area (Å²) >= 11 is 0. The lowest BCUT2D eigenvalue weighted by Gasteiger charge is -2.31. The van der Waals surface area contributed by atoms with Crippen molar-refractivity contribution in [3.05, 3.63) is 29.6 Å². The minimum Gasteiger partial charge on any atom is -0.369 e. The Morgan fingerprint density at radius 1 is 1.20 bits per heavy atom. The second-order valence-corrected chi connectivity index (χ2v) is 6.08. The Morgan fingerprint density at radius 2 is 1.90 bits per heavy atom. The van der Waals surface area contributed by atoms with E-state index in [4.69, 9.17) is 0 Å². The molecule has 2 nitrogen and oxygen atoms in total. The van der Waals surface area contributed by atoms with Crippen LogP contribution in [0.2, 0.25) is 0 Å². The van der Waals surface area contributed by atoms with Gasteiger partial charge >= 0.3 is 0 Å². The monoisotopic (exact) mass is 280 g/mol. The van der Waals surface area contributed by atoms with Crippen LogP contribution in [0.25, 0.3) is 0 Å². The molecule has 0 saturated heterocycles. The van der Waals surface area contributed by atoms with Gasteiger partial charge in [-0.3, -0.25) is 0 Å². The van der Waals surface area contributed by atoms with Gasteiger partial charge in [0, 0.05) is 24.8 Å². The van der Waals surface area contributed by atoms with Gasteiger partial charge in [-0.2, -0.15) is 0 Å². The molecule has 20 heavy (non-hydrogen) atoms. The van der Waals surface area contributed by atoms with Crippen molar-refractivity contribution in [2.24, 2.45) is 5.92 Å². The fourth-order valence-electron chi connectivity index (χ4n) is 2.37. The average Bonchev–Trinajstić information content (AvgIpc) is 2.36. The molecule has 0 radical (unpaired) electrons. The van der Waals surface area contributed by atoms with Gasteiger partial charge in [0.2, 0.25) is 0 Å². The van der Waals surface area contributed by atoms with Gasteiger partial charge in [0.15, 0.2) is 0 Å². The van der Waals surface area contributed by atoms with E-state index in [-0.39, 0.29) is 5.82 Å². The molecule has 0 saturated carbocycles. The minimum absolute atomic E-state index is 0.157. The quantitative estimate of drug-likeness (QED) is 0.768. The molecular weight excluding hydrogens is 251 g/mol. The van der Waals surface area contributed by atoms with Crippen molar-refractivity contribution in [3.63, 3.8) is 0 Å². The third-order valence-corrected chi connectivity index (χ3v) is 3.31. The van der Waals surface area contributed by atoms with E-state index in [1.807, 2.05) is 6.07 Å². The Kier molecular flexibility index (Phi) is 7.00. The van der Waals surface area contributed by atoms with Crippen LogP contribution < -0.4 is 10.2 Å². The molecule has 0 aliphatic carbocycles. The van der Waals surface area contributed by atoms with E-state index in [9.17, 15) is 4.39 Å². The van der Waals surface area contributed by atoms with Crippen LogP contribution >= 0.6 is 0 Å². The molecule has 0 heterocycles. The van der Waals surface area contributed by atoms with Crippen LogP contribution in [0.15, 0.2) is 18.2 Å². The smallest absolute Gasteiger partial charge is 0.123 e. The summed E-state index contributed by atoms with van der Waals surface area (Å²) in [5.41, 5.74) is 2.20. The minimum atomic E-state index is -0.157. The molecule has 1 aromatic carbocycles. The molecule has 0 unspecified atom stereocenters. The normalized spacial score (nSPS) is 11.4. The summed E-state index contributed by atoms with van der Waals surface area (Å²) in [4.78, 5) is 2.35. The van der Waals surface area contributed by atoms with E-state index < -0.39 is 0 Å². The second kappa shape index (κ2) is 8.25. The number of nitrogens with one attached hydrogen (secondary N) is 1. The zero-order valence-electron chi connectivity index (χ0n) is 13.5. The van der Waals surface area contributed by atoms with Crippen molar-refractivity contribution in [3.8, 4) is 0 Å². The van der Waals surface area contributed by atoms with Gasteiger partial charge in [0.1, 0.15) is 5.82 Å². The highest BCUT2D eigenvalue weighted by Crippen LogP contribution is 2.24. The van der Waals surface area contributed by atoms with E-state index in [1.165, 1.54) is 0 Å². The molecule has 0 aliphatic rings. The first-order valence-electron chi connectivity index (χ1n) is 7.71. The summed E-state index contributed by atoms with van der Waals surface area (Å²) < 4.78 is 13.5. The van der Waals surface area contributed by atoms with Gasteiger partial charge in [-0.15, -0.1) is 0 Å². The van der Waals surface area contributed by atoms with Crippen molar-refractivity contribution < 1.29 is 4.39 Å². The van der Waals surface area contributed by atoms with Crippen molar-refractivity contribution in [1.82, 2.24) is 5.32 Å². The molecule has 1 rings (SSSR count). The molecule has 0 spiro atoms. The molecule has 0 fully saturated rings. The summed E-state index contributed by atoms with van der Waals surface area (Å²) in [7, 11) is 0. The lowest BCUT2D eigenvalue weighted by atomic mass is 10.1. The van der Waals surface area contributed by atoms with Gasteiger partial charge in [0.25, 0.3) is 0 Å². The van der Waals surface area contributed by atoms with Gasteiger partial charge in [-0.25, -0.2) is 4.39 Å². The van der Waals surface area contributed by atoms with E-state index in [0.29, 0.717) is 12.0 Å². The maximum atomic E-state index is 13.5. The van der Waals surface area contributed by atoms with Gasteiger partial charge in [-0.1, -0.05) is 20.8 Å². The number of hydrogen-bond acceptors (Lipinski definition) is 2. The third kappa shape index (κ3) is 5.12. The fraction of sp³-hybridized carbons (Fsp3) is 0.647. The van der Waals surface area contributed by atoms with Crippen molar-refractivity contribution in [2.45, 2.75) is 53.6 Å². The zero-order valence-corrected chi connectivity index (χ0v) is 13.5. The summed E-state index contributed by atoms with van der Waals surface area (Å²) in [6.07, 6.45) is 1.09. The molecule has 0 aromatic heterocycles. The fourth-order valence-corrected chi connectivity index (χ4v) is 2.37. The van der Waals surface area contributed by atoms with Crippen LogP contribution in [0, 0.1) is 11.7 Å². The maximum Gasteiger partial charge on any atom is 0.123 e. The predicted octanol–water partition coefficient (Wildman–Crippen LogP) is 4.20. The molecule has 3 heteroatoms. The maximum absolute atomic E-state index is 13.5. The third-order valence-electron chi connectivity index (χ3n) is 3.31. The number of halogens is 1. The molecular formula is C17H29FN2. The number of anilines is 1. The summed E-state index contributed by atoms with van der Waals surface area (Å²) in [6.45, 7) is 13.6. The number of rotatable bonds is 8. The van der Waals surface area contributed by atoms with Crippen LogP contribution in [0.4, 0.5) is 10.1 Å². The highest BCUT2D eigenvalue weighted by Gasteiger charge is 2.14. The first-order valence-corrected chi connectivity index (χ1v) is 7.71. The molecule has 0 bridgehead atoms. The van der Waals surface area contributed by atoms with Gasteiger partial charge in [-0.05, 0) is 56.5 Å². The Balaban J connectivity index is 2.92. The van der Waals surface area contributed by atoms with Crippen LogP contribution in [-0.2, 0) is 6.54 Å².